The maximum atomic E-state index is 13.0. The lowest BCUT2D eigenvalue weighted by atomic mass is 10.1. The molecule has 0 N–H and O–H groups in total. The fourth-order valence-electron chi connectivity index (χ4n) is 1.68. The third kappa shape index (κ3) is 4.39. The van der Waals surface area contributed by atoms with Crippen molar-refractivity contribution in [1.29, 1.82) is 0 Å². The molecule has 0 aliphatic rings. The summed E-state index contributed by atoms with van der Waals surface area (Å²) in [6.07, 6.45) is 3.13. The fraction of sp³-hybridized carbons (Fsp3) is 0.125. The van der Waals surface area contributed by atoms with Crippen LogP contribution in [-0.4, -0.2) is 29.8 Å². The zero-order valence-electron chi connectivity index (χ0n) is 12.1. The summed E-state index contributed by atoms with van der Waals surface area (Å²) < 4.78 is 19.2. The molecule has 114 valence electrons. The zero-order chi connectivity index (χ0) is 16.1. The van der Waals surface area contributed by atoms with Gasteiger partial charge < -0.3 is 9.64 Å². The van der Waals surface area contributed by atoms with Crippen LogP contribution in [0, 0.1) is 5.82 Å². The van der Waals surface area contributed by atoms with Gasteiger partial charge in [0.05, 0.1) is 0 Å². The van der Waals surface area contributed by atoms with Crippen LogP contribution in [0.3, 0.4) is 0 Å². The second-order valence-corrected chi connectivity index (χ2v) is 5.52. The molecule has 4 nitrogen and oxygen atoms in total. The molecule has 0 amide bonds. The molecule has 0 saturated heterocycles. The SMILES string of the molecule is CN(C)C=C(Oc1ccnc(Br)c1)C(=O)c1ccc(F)cc1. The van der Waals surface area contributed by atoms with Gasteiger partial charge in [-0.25, -0.2) is 9.37 Å². The Morgan fingerprint density at radius 1 is 1.27 bits per heavy atom. The zero-order valence-corrected chi connectivity index (χ0v) is 13.7. The molecule has 0 fully saturated rings. The topological polar surface area (TPSA) is 42.4 Å². The summed E-state index contributed by atoms with van der Waals surface area (Å²) in [5.41, 5.74) is 0.350. The number of aromatic nitrogens is 1. The first kappa shape index (κ1) is 16.2. The van der Waals surface area contributed by atoms with Crippen LogP contribution in [0.5, 0.6) is 5.75 Å². The second-order valence-electron chi connectivity index (χ2n) is 4.71. The Labute approximate surface area is 136 Å². The average molecular weight is 365 g/mol. The number of Topliss-reactive ketones (excluding diaryl/α,β-unsaturated/α-hetero) is 1. The summed E-state index contributed by atoms with van der Waals surface area (Å²) in [5.74, 6) is -0.115. The van der Waals surface area contributed by atoms with E-state index in [4.69, 9.17) is 4.74 Å². The van der Waals surface area contributed by atoms with Crippen LogP contribution in [0.25, 0.3) is 0 Å². The molecule has 22 heavy (non-hydrogen) atoms. The lowest BCUT2D eigenvalue weighted by Gasteiger charge is -2.13. The highest BCUT2D eigenvalue weighted by molar-refractivity contribution is 9.10. The lowest BCUT2D eigenvalue weighted by molar-refractivity contribution is 0.0982. The first-order chi connectivity index (χ1) is 10.5. The Hall–Kier alpha value is -2.21. The predicted molar refractivity (Wildman–Crippen MR) is 85.1 cm³/mol. The smallest absolute Gasteiger partial charge is 0.229 e. The van der Waals surface area contributed by atoms with Crippen molar-refractivity contribution in [2.24, 2.45) is 0 Å². The molecule has 1 heterocycles. The van der Waals surface area contributed by atoms with E-state index >= 15 is 0 Å². The van der Waals surface area contributed by atoms with Gasteiger partial charge in [0.25, 0.3) is 0 Å². The van der Waals surface area contributed by atoms with Gasteiger partial charge in [0.2, 0.25) is 5.78 Å². The first-order valence-corrected chi connectivity index (χ1v) is 7.23. The molecule has 0 aliphatic carbocycles. The summed E-state index contributed by atoms with van der Waals surface area (Å²) >= 11 is 3.25. The van der Waals surface area contributed by atoms with E-state index in [9.17, 15) is 9.18 Å². The number of carbonyl (C=O) groups excluding carboxylic acids is 1. The standard InChI is InChI=1S/C16H14BrFN2O2/c1-20(2)10-14(22-13-7-8-19-15(17)9-13)16(21)11-3-5-12(18)6-4-11/h3-10H,1-2H3. The molecular formula is C16H14BrFN2O2. The third-order valence-corrected chi connectivity index (χ3v) is 3.07. The van der Waals surface area contributed by atoms with E-state index in [-0.39, 0.29) is 11.5 Å². The van der Waals surface area contributed by atoms with Gasteiger partial charge >= 0.3 is 0 Å². The second kappa shape index (κ2) is 7.17. The van der Waals surface area contributed by atoms with Crippen LogP contribution in [0.15, 0.2) is 59.2 Å². The molecule has 0 aliphatic heterocycles. The number of benzene rings is 1. The molecule has 0 radical (unpaired) electrons. The van der Waals surface area contributed by atoms with Crippen LogP contribution < -0.4 is 4.74 Å². The van der Waals surface area contributed by atoms with Gasteiger partial charge in [-0.15, -0.1) is 0 Å². The minimum Gasteiger partial charge on any atom is -0.452 e. The van der Waals surface area contributed by atoms with Crippen molar-refractivity contribution < 1.29 is 13.9 Å². The number of allylic oxidation sites excluding steroid dienone is 1. The predicted octanol–water partition coefficient (Wildman–Crippen LogP) is 3.65. The van der Waals surface area contributed by atoms with Crippen LogP contribution >= 0.6 is 15.9 Å². The molecule has 6 heteroatoms. The van der Waals surface area contributed by atoms with Gasteiger partial charge in [-0.1, -0.05) is 0 Å². The molecule has 2 rings (SSSR count). The Morgan fingerprint density at radius 2 is 1.95 bits per heavy atom. The normalized spacial score (nSPS) is 11.2. The maximum Gasteiger partial charge on any atom is 0.229 e. The monoisotopic (exact) mass is 364 g/mol. The Balaban J connectivity index is 2.30. The van der Waals surface area contributed by atoms with E-state index in [0.717, 1.165) is 0 Å². The van der Waals surface area contributed by atoms with Crippen LogP contribution in [0.4, 0.5) is 4.39 Å². The molecule has 0 spiro atoms. The number of nitrogens with zero attached hydrogens (tertiary/aromatic N) is 2. The van der Waals surface area contributed by atoms with Crippen molar-refractivity contribution in [2.75, 3.05) is 14.1 Å². The average Bonchev–Trinajstić information content (AvgIpc) is 2.46. The Bertz CT molecular complexity index is 700. The third-order valence-electron chi connectivity index (χ3n) is 2.63. The van der Waals surface area contributed by atoms with Crippen molar-refractivity contribution in [1.82, 2.24) is 9.88 Å². The van der Waals surface area contributed by atoms with Crippen molar-refractivity contribution in [3.05, 3.63) is 70.5 Å². The Morgan fingerprint density at radius 3 is 2.55 bits per heavy atom. The van der Waals surface area contributed by atoms with Gasteiger partial charge in [0, 0.05) is 38.1 Å². The number of pyridine rings is 1. The van der Waals surface area contributed by atoms with E-state index in [2.05, 4.69) is 20.9 Å². The van der Waals surface area contributed by atoms with Crippen LogP contribution in [0.2, 0.25) is 0 Å². The number of ether oxygens (including phenoxy) is 1. The van der Waals surface area contributed by atoms with E-state index in [1.165, 1.54) is 24.3 Å². The highest BCUT2D eigenvalue weighted by Crippen LogP contribution is 2.20. The Kier molecular flexibility index (Phi) is 5.27. The molecule has 1 aromatic carbocycles. The van der Waals surface area contributed by atoms with Crippen LogP contribution in [-0.2, 0) is 0 Å². The van der Waals surface area contributed by atoms with Gasteiger partial charge in [-0.05, 0) is 46.3 Å². The number of carbonyl (C=O) groups is 1. The van der Waals surface area contributed by atoms with Gasteiger partial charge in [0.15, 0.2) is 5.76 Å². The summed E-state index contributed by atoms with van der Waals surface area (Å²) in [6, 6.07) is 8.63. The van der Waals surface area contributed by atoms with Crippen molar-refractivity contribution in [3.8, 4) is 5.75 Å². The summed E-state index contributed by atoms with van der Waals surface area (Å²) in [5, 5.41) is 0. The first-order valence-electron chi connectivity index (χ1n) is 6.43. The van der Waals surface area contributed by atoms with E-state index in [0.29, 0.717) is 15.9 Å². The number of hydrogen-bond acceptors (Lipinski definition) is 4. The minimum atomic E-state index is -0.395. The number of rotatable bonds is 5. The van der Waals surface area contributed by atoms with E-state index in [1.54, 1.807) is 43.5 Å². The van der Waals surface area contributed by atoms with Crippen molar-refractivity contribution in [3.63, 3.8) is 0 Å². The van der Waals surface area contributed by atoms with Crippen molar-refractivity contribution >= 4 is 21.7 Å². The number of halogens is 2. The van der Waals surface area contributed by atoms with E-state index < -0.39 is 5.82 Å². The molecule has 0 saturated carbocycles. The van der Waals surface area contributed by atoms with Gasteiger partial charge in [0.1, 0.15) is 16.2 Å². The van der Waals surface area contributed by atoms with Gasteiger partial charge in [-0.2, -0.15) is 0 Å². The van der Waals surface area contributed by atoms with Crippen LogP contribution in [0.1, 0.15) is 10.4 Å². The lowest BCUT2D eigenvalue weighted by Crippen LogP contribution is -2.14. The minimum absolute atomic E-state index is 0.134. The highest BCUT2D eigenvalue weighted by Gasteiger charge is 2.16. The summed E-state index contributed by atoms with van der Waals surface area (Å²) in [7, 11) is 3.56. The fourth-order valence-corrected chi connectivity index (χ4v) is 2.03. The summed E-state index contributed by atoms with van der Waals surface area (Å²) in [4.78, 5) is 18.2. The maximum absolute atomic E-state index is 13.0. The van der Waals surface area contributed by atoms with Gasteiger partial charge in [-0.3, -0.25) is 4.79 Å². The van der Waals surface area contributed by atoms with Crippen molar-refractivity contribution in [2.45, 2.75) is 0 Å². The summed E-state index contributed by atoms with van der Waals surface area (Å²) in [6.45, 7) is 0. The largest absolute Gasteiger partial charge is 0.452 e. The highest BCUT2D eigenvalue weighted by atomic mass is 79.9. The van der Waals surface area contributed by atoms with E-state index in [1.807, 2.05) is 0 Å². The molecule has 1 aromatic heterocycles. The number of hydrogen-bond donors (Lipinski definition) is 0. The molecule has 0 bridgehead atoms. The molecule has 0 atom stereocenters. The molecular weight excluding hydrogens is 351 g/mol. The number of ketones is 1. The quantitative estimate of drug-likeness (QED) is 0.351. The molecule has 2 aromatic rings. The molecule has 0 unspecified atom stereocenters.